The monoisotopic (exact) mass is 284 g/mol. The number of hydrogen-bond donors (Lipinski definition) is 1. The average molecular weight is 284 g/mol. The number of hydrogen-bond acceptors (Lipinski definition) is 4. The number of nitrogens with one attached hydrogen (secondary N) is 1. The highest BCUT2D eigenvalue weighted by Crippen LogP contribution is 2.44. The summed E-state index contributed by atoms with van der Waals surface area (Å²) in [6.45, 7) is 6.99. The molecule has 2 saturated carbocycles. The topological polar surface area (TPSA) is 33.7 Å². The molecule has 2 aliphatic carbocycles. The summed E-state index contributed by atoms with van der Waals surface area (Å²) in [7, 11) is 3.55. The molecule has 0 saturated heterocycles. The number of nitrogens with zero attached hydrogens (tertiary/aromatic N) is 1. The molecule has 0 bridgehead atoms. The van der Waals surface area contributed by atoms with Crippen molar-refractivity contribution in [2.75, 3.05) is 47.1 Å². The fraction of sp³-hybridized carbons (Fsp3) is 1.00. The molecule has 1 atom stereocenters. The maximum Gasteiger partial charge on any atom is 0.0615 e. The Hall–Kier alpha value is -0.160. The lowest BCUT2D eigenvalue weighted by Gasteiger charge is -2.29. The van der Waals surface area contributed by atoms with Crippen molar-refractivity contribution in [2.45, 2.75) is 44.7 Å². The van der Waals surface area contributed by atoms with Crippen LogP contribution in [0, 0.1) is 11.8 Å². The third kappa shape index (κ3) is 5.32. The SMILES string of the molecule is COCCN(CCNC(C1CC1)C1CC1)C(C)COC. The molecule has 0 spiro atoms. The van der Waals surface area contributed by atoms with Gasteiger partial charge in [0.05, 0.1) is 13.2 Å². The Balaban J connectivity index is 1.69. The predicted octanol–water partition coefficient (Wildman–Crippen LogP) is 1.75. The van der Waals surface area contributed by atoms with Gasteiger partial charge >= 0.3 is 0 Å². The maximum atomic E-state index is 5.29. The molecule has 0 aromatic heterocycles. The van der Waals surface area contributed by atoms with Crippen molar-refractivity contribution >= 4 is 0 Å². The Labute approximate surface area is 124 Å². The molecule has 0 heterocycles. The lowest BCUT2D eigenvalue weighted by atomic mass is 10.1. The van der Waals surface area contributed by atoms with E-state index in [1.165, 1.54) is 25.7 Å². The molecule has 0 radical (unpaired) electrons. The lowest BCUT2D eigenvalue weighted by Crippen LogP contribution is -2.44. The molecular formula is C16H32N2O2. The van der Waals surface area contributed by atoms with E-state index >= 15 is 0 Å². The quantitative estimate of drug-likeness (QED) is 0.592. The Kier molecular flexibility index (Phi) is 6.75. The first kappa shape index (κ1) is 16.2. The summed E-state index contributed by atoms with van der Waals surface area (Å²) in [6, 6.07) is 1.26. The summed E-state index contributed by atoms with van der Waals surface area (Å²) in [6.07, 6.45) is 5.78. The minimum absolute atomic E-state index is 0.456. The van der Waals surface area contributed by atoms with E-state index in [1.54, 1.807) is 14.2 Å². The standard InChI is InChI=1S/C16H32N2O2/c1-13(12-20-3)18(10-11-19-2)9-8-17-16(14-4-5-14)15-6-7-15/h13-17H,4-12H2,1-3H3. The van der Waals surface area contributed by atoms with Crippen molar-refractivity contribution in [1.29, 1.82) is 0 Å². The normalized spacial score (nSPS) is 20.9. The average Bonchev–Trinajstić information content (AvgIpc) is 3.30. The molecular weight excluding hydrogens is 252 g/mol. The minimum Gasteiger partial charge on any atom is -0.383 e. The molecule has 118 valence electrons. The highest BCUT2D eigenvalue weighted by Gasteiger charge is 2.40. The van der Waals surface area contributed by atoms with Gasteiger partial charge in [-0.1, -0.05) is 0 Å². The van der Waals surface area contributed by atoms with Gasteiger partial charge in [0.1, 0.15) is 0 Å². The van der Waals surface area contributed by atoms with Gasteiger partial charge in [-0.05, 0) is 44.4 Å². The summed E-state index contributed by atoms with van der Waals surface area (Å²) < 4.78 is 10.5. The fourth-order valence-corrected chi connectivity index (χ4v) is 3.11. The van der Waals surface area contributed by atoms with Crippen LogP contribution in [0.2, 0.25) is 0 Å². The van der Waals surface area contributed by atoms with Gasteiger partial charge < -0.3 is 14.8 Å². The van der Waals surface area contributed by atoms with E-state index in [1.807, 2.05) is 0 Å². The van der Waals surface area contributed by atoms with Crippen LogP contribution >= 0.6 is 0 Å². The van der Waals surface area contributed by atoms with Crippen molar-refractivity contribution in [2.24, 2.45) is 11.8 Å². The molecule has 0 amide bonds. The Morgan fingerprint density at radius 3 is 2.20 bits per heavy atom. The zero-order valence-corrected chi connectivity index (χ0v) is 13.4. The van der Waals surface area contributed by atoms with Crippen LogP contribution < -0.4 is 5.32 Å². The molecule has 2 fully saturated rings. The van der Waals surface area contributed by atoms with E-state index in [0.717, 1.165) is 50.7 Å². The van der Waals surface area contributed by atoms with Gasteiger partial charge in [0.25, 0.3) is 0 Å². The fourth-order valence-electron chi connectivity index (χ4n) is 3.11. The molecule has 20 heavy (non-hydrogen) atoms. The van der Waals surface area contributed by atoms with Gasteiger partial charge in [-0.25, -0.2) is 0 Å². The minimum atomic E-state index is 0.456. The number of methoxy groups -OCH3 is 2. The largest absolute Gasteiger partial charge is 0.383 e. The Morgan fingerprint density at radius 1 is 1.05 bits per heavy atom. The summed E-state index contributed by atoms with van der Waals surface area (Å²) in [4.78, 5) is 2.47. The number of ether oxygens (including phenoxy) is 2. The van der Waals surface area contributed by atoms with Crippen LogP contribution in [0.1, 0.15) is 32.6 Å². The second kappa shape index (κ2) is 8.32. The Bertz CT molecular complexity index is 255. The lowest BCUT2D eigenvalue weighted by molar-refractivity contribution is 0.0749. The van der Waals surface area contributed by atoms with E-state index in [9.17, 15) is 0 Å². The van der Waals surface area contributed by atoms with Crippen LogP contribution in [0.4, 0.5) is 0 Å². The van der Waals surface area contributed by atoms with Crippen molar-refractivity contribution in [1.82, 2.24) is 10.2 Å². The van der Waals surface area contributed by atoms with E-state index in [0.29, 0.717) is 6.04 Å². The zero-order chi connectivity index (χ0) is 14.4. The van der Waals surface area contributed by atoms with Crippen LogP contribution in [0.5, 0.6) is 0 Å². The van der Waals surface area contributed by atoms with Gasteiger partial charge in [-0.2, -0.15) is 0 Å². The molecule has 2 rings (SSSR count). The van der Waals surface area contributed by atoms with Crippen molar-refractivity contribution in [3.8, 4) is 0 Å². The van der Waals surface area contributed by atoms with Crippen LogP contribution in [0.3, 0.4) is 0 Å². The molecule has 4 heteroatoms. The molecule has 0 aliphatic heterocycles. The van der Waals surface area contributed by atoms with Crippen LogP contribution in [0.15, 0.2) is 0 Å². The smallest absolute Gasteiger partial charge is 0.0615 e. The van der Waals surface area contributed by atoms with Gasteiger partial charge in [-0.15, -0.1) is 0 Å². The van der Waals surface area contributed by atoms with Crippen LogP contribution in [-0.4, -0.2) is 64.1 Å². The van der Waals surface area contributed by atoms with E-state index in [2.05, 4.69) is 17.1 Å². The Morgan fingerprint density at radius 2 is 1.70 bits per heavy atom. The first-order chi connectivity index (χ1) is 9.76. The highest BCUT2D eigenvalue weighted by molar-refractivity contribution is 4.96. The summed E-state index contributed by atoms with van der Waals surface area (Å²) in [5.74, 6) is 1.96. The summed E-state index contributed by atoms with van der Waals surface area (Å²) >= 11 is 0. The van der Waals surface area contributed by atoms with Gasteiger partial charge in [0.2, 0.25) is 0 Å². The molecule has 0 aromatic carbocycles. The molecule has 0 aromatic rings. The second-order valence-electron chi connectivity index (χ2n) is 6.49. The highest BCUT2D eigenvalue weighted by atomic mass is 16.5. The molecule has 1 N–H and O–H groups in total. The number of rotatable bonds is 12. The third-order valence-electron chi connectivity index (χ3n) is 4.65. The summed E-state index contributed by atoms with van der Waals surface area (Å²) in [5.41, 5.74) is 0. The molecule has 1 unspecified atom stereocenters. The van der Waals surface area contributed by atoms with Crippen molar-refractivity contribution < 1.29 is 9.47 Å². The predicted molar refractivity (Wildman–Crippen MR) is 82.0 cm³/mol. The molecule has 2 aliphatic rings. The van der Waals surface area contributed by atoms with Gasteiger partial charge in [0, 0.05) is 45.9 Å². The first-order valence-corrected chi connectivity index (χ1v) is 8.21. The second-order valence-corrected chi connectivity index (χ2v) is 6.49. The van der Waals surface area contributed by atoms with Crippen molar-refractivity contribution in [3.63, 3.8) is 0 Å². The van der Waals surface area contributed by atoms with Crippen LogP contribution in [0.25, 0.3) is 0 Å². The van der Waals surface area contributed by atoms with E-state index < -0.39 is 0 Å². The van der Waals surface area contributed by atoms with Crippen molar-refractivity contribution in [3.05, 3.63) is 0 Å². The molecule has 4 nitrogen and oxygen atoms in total. The third-order valence-corrected chi connectivity index (χ3v) is 4.65. The summed E-state index contributed by atoms with van der Waals surface area (Å²) in [5, 5.41) is 3.82. The van der Waals surface area contributed by atoms with Crippen LogP contribution in [-0.2, 0) is 9.47 Å². The van der Waals surface area contributed by atoms with Gasteiger partial charge in [-0.3, -0.25) is 4.90 Å². The van der Waals surface area contributed by atoms with E-state index in [-0.39, 0.29) is 0 Å². The first-order valence-electron chi connectivity index (χ1n) is 8.21. The zero-order valence-electron chi connectivity index (χ0n) is 13.4. The maximum absolute atomic E-state index is 5.29. The van der Waals surface area contributed by atoms with Gasteiger partial charge in [0.15, 0.2) is 0 Å². The van der Waals surface area contributed by atoms with E-state index in [4.69, 9.17) is 9.47 Å².